The molecule has 0 spiro atoms. The first-order chi connectivity index (χ1) is 15.7. The normalized spacial score (nSPS) is 13.0. The Morgan fingerprint density at radius 2 is 1.70 bits per heavy atom. The SMILES string of the molecule is O=C(COC(=O)c1ccc(Cl)c(S(=O)(=O)N2CCc3ccccc32)c1)c1ccc(F)c(F)c1. The second-order valence-corrected chi connectivity index (χ2v) is 9.47. The van der Waals surface area contributed by atoms with E-state index in [0.717, 1.165) is 23.8 Å². The first-order valence-corrected chi connectivity index (χ1v) is 11.6. The van der Waals surface area contributed by atoms with Crippen molar-refractivity contribution in [3.05, 3.63) is 94.0 Å². The Balaban J connectivity index is 1.54. The minimum atomic E-state index is -4.07. The molecule has 10 heteroatoms. The lowest BCUT2D eigenvalue weighted by atomic mass is 10.1. The highest BCUT2D eigenvalue weighted by Crippen LogP contribution is 2.35. The predicted octanol–water partition coefficient (Wildman–Crippen LogP) is 4.41. The van der Waals surface area contributed by atoms with E-state index in [1.807, 2.05) is 12.1 Å². The molecule has 0 unspecified atom stereocenters. The van der Waals surface area contributed by atoms with E-state index in [-0.39, 0.29) is 27.6 Å². The zero-order chi connectivity index (χ0) is 23.8. The van der Waals surface area contributed by atoms with Crippen LogP contribution in [-0.4, -0.2) is 33.3 Å². The summed E-state index contributed by atoms with van der Waals surface area (Å²) in [6.07, 6.45) is 0.543. The van der Waals surface area contributed by atoms with Crippen molar-refractivity contribution in [1.29, 1.82) is 0 Å². The molecule has 0 fully saturated rings. The molecule has 33 heavy (non-hydrogen) atoms. The summed E-state index contributed by atoms with van der Waals surface area (Å²) in [5.41, 5.74) is 1.11. The molecule has 0 atom stereocenters. The molecular weight excluding hydrogens is 476 g/mol. The third kappa shape index (κ3) is 4.46. The summed E-state index contributed by atoms with van der Waals surface area (Å²) in [6, 6.07) is 13.2. The molecule has 3 aromatic rings. The number of halogens is 3. The van der Waals surface area contributed by atoms with Crippen LogP contribution in [-0.2, 0) is 21.2 Å². The van der Waals surface area contributed by atoms with Gasteiger partial charge in [-0.2, -0.15) is 0 Å². The van der Waals surface area contributed by atoms with E-state index in [1.165, 1.54) is 16.4 Å². The zero-order valence-electron chi connectivity index (χ0n) is 16.9. The van der Waals surface area contributed by atoms with Gasteiger partial charge >= 0.3 is 5.97 Å². The van der Waals surface area contributed by atoms with Crippen molar-refractivity contribution in [2.45, 2.75) is 11.3 Å². The van der Waals surface area contributed by atoms with Crippen LogP contribution in [0.2, 0.25) is 5.02 Å². The lowest BCUT2D eigenvalue weighted by molar-refractivity contribution is 0.0474. The van der Waals surface area contributed by atoms with Crippen LogP contribution in [0.1, 0.15) is 26.3 Å². The number of hydrogen-bond acceptors (Lipinski definition) is 5. The molecule has 0 bridgehead atoms. The summed E-state index contributed by atoms with van der Waals surface area (Å²) in [5.74, 6) is -4.04. The number of hydrogen-bond donors (Lipinski definition) is 0. The van der Waals surface area contributed by atoms with E-state index in [4.69, 9.17) is 16.3 Å². The van der Waals surface area contributed by atoms with Crippen LogP contribution in [0.15, 0.2) is 65.6 Å². The summed E-state index contributed by atoms with van der Waals surface area (Å²) >= 11 is 6.15. The van der Waals surface area contributed by atoms with Gasteiger partial charge < -0.3 is 4.74 Å². The van der Waals surface area contributed by atoms with E-state index in [0.29, 0.717) is 18.2 Å². The molecule has 1 heterocycles. The quantitative estimate of drug-likeness (QED) is 0.377. The molecule has 1 aliphatic rings. The maximum Gasteiger partial charge on any atom is 0.338 e. The third-order valence-corrected chi connectivity index (χ3v) is 7.45. The second-order valence-electron chi connectivity index (χ2n) is 7.23. The number of carbonyl (C=O) groups is 2. The molecule has 0 N–H and O–H groups in total. The average molecular weight is 492 g/mol. The van der Waals surface area contributed by atoms with Gasteiger partial charge in [-0.1, -0.05) is 29.8 Å². The number of sulfonamides is 1. The number of ether oxygens (including phenoxy) is 1. The molecule has 0 amide bonds. The van der Waals surface area contributed by atoms with Gasteiger partial charge in [-0.25, -0.2) is 22.0 Å². The van der Waals surface area contributed by atoms with Gasteiger partial charge in [-0.3, -0.25) is 9.10 Å². The van der Waals surface area contributed by atoms with Gasteiger partial charge in [0.1, 0.15) is 4.90 Å². The molecule has 3 aromatic carbocycles. The summed E-state index contributed by atoms with van der Waals surface area (Å²) in [7, 11) is -4.07. The lowest BCUT2D eigenvalue weighted by Gasteiger charge is -2.20. The number of Topliss-reactive ketones (excluding diaryl/α,β-unsaturated/α-hetero) is 1. The Morgan fingerprint density at radius 1 is 0.970 bits per heavy atom. The van der Waals surface area contributed by atoms with Crippen molar-refractivity contribution in [3.8, 4) is 0 Å². The Labute approximate surface area is 193 Å². The van der Waals surface area contributed by atoms with E-state index >= 15 is 0 Å². The van der Waals surface area contributed by atoms with Gasteiger partial charge in [-0.05, 0) is 54.4 Å². The van der Waals surface area contributed by atoms with Crippen LogP contribution in [0, 0.1) is 11.6 Å². The number of fused-ring (bicyclic) bond motifs is 1. The van der Waals surface area contributed by atoms with Crippen molar-refractivity contribution >= 4 is 39.1 Å². The molecule has 4 rings (SSSR count). The molecule has 0 radical (unpaired) electrons. The minimum Gasteiger partial charge on any atom is -0.454 e. The first-order valence-electron chi connectivity index (χ1n) is 9.74. The number of carbonyl (C=O) groups excluding carboxylic acids is 2. The van der Waals surface area contributed by atoms with Crippen molar-refractivity contribution < 1.29 is 31.5 Å². The third-order valence-electron chi connectivity index (χ3n) is 5.16. The predicted molar refractivity (Wildman–Crippen MR) is 117 cm³/mol. The van der Waals surface area contributed by atoms with E-state index in [2.05, 4.69) is 0 Å². The zero-order valence-corrected chi connectivity index (χ0v) is 18.5. The standard InChI is InChI=1S/C23H16ClF2NO5S/c24-17-7-5-16(23(29)32-13-21(28)15-6-8-18(25)19(26)11-15)12-22(17)33(30,31)27-10-9-14-3-1-2-4-20(14)27/h1-8,11-12H,9-10,13H2. The largest absolute Gasteiger partial charge is 0.454 e. The monoisotopic (exact) mass is 491 g/mol. The Kier molecular flexibility index (Phi) is 6.18. The fourth-order valence-corrected chi connectivity index (χ4v) is 5.48. The number of anilines is 1. The molecule has 1 aliphatic heterocycles. The summed E-state index contributed by atoms with van der Waals surface area (Å²) in [6.45, 7) is -0.510. The number of esters is 1. The van der Waals surface area contributed by atoms with Crippen molar-refractivity contribution in [3.63, 3.8) is 0 Å². The van der Waals surface area contributed by atoms with Crippen LogP contribution in [0.4, 0.5) is 14.5 Å². The van der Waals surface area contributed by atoms with E-state index in [9.17, 15) is 26.8 Å². The summed E-state index contributed by atoms with van der Waals surface area (Å²) < 4.78 is 59.1. The van der Waals surface area contributed by atoms with Gasteiger partial charge in [0, 0.05) is 12.1 Å². The average Bonchev–Trinajstić information content (AvgIpc) is 3.24. The Bertz CT molecular complexity index is 1380. The van der Waals surface area contributed by atoms with Gasteiger partial charge in [0.05, 0.1) is 16.3 Å². The number of benzene rings is 3. The van der Waals surface area contributed by atoms with E-state index in [1.54, 1.807) is 12.1 Å². The van der Waals surface area contributed by atoms with Crippen LogP contribution in [0.3, 0.4) is 0 Å². The fraction of sp³-hybridized carbons (Fsp3) is 0.130. The summed E-state index contributed by atoms with van der Waals surface area (Å²) in [4.78, 5) is 24.3. The smallest absolute Gasteiger partial charge is 0.338 e. The topological polar surface area (TPSA) is 80.8 Å². The molecule has 0 saturated carbocycles. The highest BCUT2D eigenvalue weighted by atomic mass is 35.5. The number of rotatable bonds is 6. The van der Waals surface area contributed by atoms with Gasteiger partial charge in [0.15, 0.2) is 24.0 Å². The first kappa shape index (κ1) is 22.9. The van der Waals surface area contributed by atoms with Gasteiger partial charge in [0.2, 0.25) is 0 Å². The lowest BCUT2D eigenvalue weighted by Crippen LogP contribution is -2.29. The second kappa shape index (κ2) is 8.92. The van der Waals surface area contributed by atoms with Crippen LogP contribution in [0.25, 0.3) is 0 Å². The van der Waals surface area contributed by atoms with Crippen molar-refractivity contribution in [1.82, 2.24) is 0 Å². The van der Waals surface area contributed by atoms with Crippen LogP contribution < -0.4 is 4.31 Å². The number of para-hydroxylation sites is 1. The number of ketones is 1. The highest BCUT2D eigenvalue weighted by Gasteiger charge is 2.32. The molecule has 6 nitrogen and oxygen atoms in total. The highest BCUT2D eigenvalue weighted by molar-refractivity contribution is 7.93. The fourth-order valence-electron chi connectivity index (χ4n) is 3.47. The van der Waals surface area contributed by atoms with Crippen molar-refractivity contribution in [2.24, 2.45) is 0 Å². The summed E-state index contributed by atoms with van der Waals surface area (Å²) in [5, 5.41) is -0.0752. The maximum absolute atomic E-state index is 13.3. The molecule has 0 saturated heterocycles. The van der Waals surface area contributed by atoms with Gasteiger partial charge in [0.25, 0.3) is 10.0 Å². The molecule has 170 valence electrons. The molecular formula is C23H16ClF2NO5S. The van der Waals surface area contributed by atoms with Gasteiger partial charge in [-0.15, -0.1) is 0 Å². The Hall–Kier alpha value is -3.30. The number of nitrogens with zero attached hydrogens (tertiary/aromatic N) is 1. The van der Waals surface area contributed by atoms with Crippen LogP contribution in [0.5, 0.6) is 0 Å². The van der Waals surface area contributed by atoms with Crippen LogP contribution >= 0.6 is 11.6 Å². The maximum atomic E-state index is 13.3. The van der Waals surface area contributed by atoms with Crippen molar-refractivity contribution in [2.75, 3.05) is 17.5 Å². The van der Waals surface area contributed by atoms with E-state index < -0.39 is 40.0 Å². The minimum absolute atomic E-state index is 0.0752. The Morgan fingerprint density at radius 3 is 2.45 bits per heavy atom. The molecule has 0 aromatic heterocycles. The molecule has 0 aliphatic carbocycles.